The average molecular weight is 293 g/mol. The summed E-state index contributed by atoms with van der Waals surface area (Å²) >= 11 is 0. The number of nitrogens with two attached hydrogens (primary N) is 1. The molecular weight excluding hydrogens is 273 g/mol. The Bertz CT molecular complexity index is 527. The summed E-state index contributed by atoms with van der Waals surface area (Å²) in [6, 6.07) is 5.66. The van der Waals surface area contributed by atoms with Crippen LogP contribution in [-0.2, 0) is 4.79 Å². The van der Waals surface area contributed by atoms with E-state index >= 15 is 0 Å². The number of hydrogen-bond donors (Lipinski definition) is 1. The minimum absolute atomic E-state index is 0.0235. The van der Waals surface area contributed by atoms with E-state index in [1.165, 1.54) is 18.2 Å². The molecule has 1 heterocycles. The van der Waals surface area contributed by atoms with Crippen LogP contribution in [0.1, 0.15) is 17.3 Å². The van der Waals surface area contributed by atoms with Gasteiger partial charge in [0.25, 0.3) is 5.91 Å². The van der Waals surface area contributed by atoms with Crippen LogP contribution in [0.4, 0.5) is 4.39 Å². The van der Waals surface area contributed by atoms with Crippen LogP contribution in [0.5, 0.6) is 0 Å². The van der Waals surface area contributed by atoms with Gasteiger partial charge < -0.3 is 15.5 Å². The van der Waals surface area contributed by atoms with E-state index in [9.17, 15) is 14.0 Å². The highest BCUT2D eigenvalue weighted by Gasteiger charge is 2.26. The van der Waals surface area contributed by atoms with Gasteiger partial charge in [-0.15, -0.1) is 0 Å². The second kappa shape index (κ2) is 6.67. The van der Waals surface area contributed by atoms with Crippen molar-refractivity contribution in [2.24, 2.45) is 11.7 Å². The number of amides is 2. The SMILES string of the molecule is CC(CN)C(=O)N1CCN(C(=O)c2cccc(F)c2)CC1. The first-order chi connectivity index (χ1) is 10.0. The lowest BCUT2D eigenvalue weighted by Crippen LogP contribution is -2.52. The molecular formula is C15H20FN3O2. The fourth-order valence-electron chi connectivity index (χ4n) is 2.35. The molecule has 0 radical (unpaired) electrons. The highest BCUT2D eigenvalue weighted by Crippen LogP contribution is 2.12. The zero-order valence-corrected chi connectivity index (χ0v) is 12.1. The van der Waals surface area contributed by atoms with Gasteiger partial charge in [-0.25, -0.2) is 4.39 Å². The maximum atomic E-state index is 13.2. The number of hydrogen-bond acceptors (Lipinski definition) is 3. The van der Waals surface area contributed by atoms with Gasteiger partial charge in [-0.3, -0.25) is 9.59 Å². The predicted molar refractivity (Wildman–Crippen MR) is 77.1 cm³/mol. The number of halogens is 1. The number of carbonyl (C=O) groups is 2. The zero-order chi connectivity index (χ0) is 15.4. The largest absolute Gasteiger partial charge is 0.339 e. The van der Waals surface area contributed by atoms with E-state index in [0.29, 0.717) is 38.3 Å². The van der Waals surface area contributed by atoms with Gasteiger partial charge in [0.15, 0.2) is 0 Å². The summed E-state index contributed by atoms with van der Waals surface area (Å²) < 4.78 is 13.2. The highest BCUT2D eigenvalue weighted by molar-refractivity contribution is 5.94. The number of carbonyl (C=O) groups excluding carboxylic acids is 2. The molecule has 5 nitrogen and oxygen atoms in total. The molecule has 0 saturated carbocycles. The third kappa shape index (κ3) is 3.58. The topological polar surface area (TPSA) is 66.6 Å². The molecule has 0 aromatic heterocycles. The van der Waals surface area contributed by atoms with Crippen molar-refractivity contribution in [3.63, 3.8) is 0 Å². The van der Waals surface area contributed by atoms with Gasteiger partial charge >= 0.3 is 0 Å². The van der Waals surface area contributed by atoms with Crippen LogP contribution in [0.3, 0.4) is 0 Å². The van der Waals surface area contributed by atoms with Gasteiger partial charge in [0.05, 0.1) is 0 Å². The summed E-state index contributed by atoms with van der Waals surface area (Å²) in [5.74, 6) is -0.800. The molecule has 1 aromatic rings. The van der Waals surface area contributed by atoms with Crippen molar-refractivity contribution < 1.29 is 14.0 Å². The molecule has 0 spiro atoms. The zero-order valence-electron chi connectivity index (χ0n) is 12.1. The summed E-state index contributed by atoms with van der Waals surface area (Å²) in [7, 11) is 0. The molecule has 1 saturated heterocycles. The van der Waals surface area contributed by atoms with E-state index < -0.39 is 5.82 Å². The van der Waals surface area contributed by atoms with Crippen molar-refractivity contribution in [3.8, 4) is 0 Å². The van der Waals surface area contributed by atoms with E-state index in [4.69, 9.17) is 5.73 Å². The Kier molecular flexibility index (Phi) is 4.90. The van der Waals surface area contributed by atoms with Gasteiger partial charge in [0.2, 0.25) is 5.91 Å². The molecule has 1 atom stereocenters. The quantitative estimate of drug-likeness (QED) is 0.892. The lowest BCUT2D eigenvalue weighted by atomic mass is 10.1. The molecule has 2 rings (SSSR count). The number of rotatable bonds is 3. The summed E-state index contributed by atoms with van der Waals surface area (Å²) in [4.78, 5) is 27.6. The smallest absolute Gasteiger partial charge is 0.254 e. The van der Waals surface area contributed by atoms with Gasteiger partial charge in [0.1, 0.15) is 5.82 Å². The number of piperazine rings is 1. The molecule has 1 aliphatic rings. The van der Waals surface area contributed by atoms with E-state index in [0.717, 1.165) is 0 Å². The predicted octanol–water partition coefficient (Wildman–Crippen LogP) is 0.705. The van der Waals surface area contributed by atoms with E-state index in [-0.39, 0.29) is 17.7 Å². The first-order valence-corrected chi connectivity index (χ1v) is 7.06. The van der Waals surface area contributed by atoms with Gasteiger partial charge in [0, 0.05) is 44.2 Å². The minimum atomic E-state index is -0.425. The van der Waals surface area contributed by atoms with Crippen LogP contribution in [0.2, 0.25) is 0 Å². The van der Waals surface area contributed by atoms with Crippen LogP contribution >= 0.6 is 0 Å². The molecule has 114 valence electrons. The number of benzene rings is 1. The Hall–Kier alpha value is -1.95. The van der Waals surface area contributed by atoms with Crippen LogP contribution in [0, 0.1) is 11.7 Å². The van der Waals surface area contributed by atoms with Crippen molar-refractivity contribution in [1.82, 2.24) is 9.80 Å². The van der Waals surface area contributed by atoms with Gasteiger partial charge in [-0.1, -0.05) is 13.0 Å². The fourth-order valence-corrected chi connectivity index (χ4v) is 2.35. The summed E-state index contributed by atoms with van der Waals surface area (Å²) in [6.07, 6.45) is 0. The van der Waals surface area contributed by atoms with Crippen molar-refractivity contribution in [1.29, 1.82) is 0 Å². The van der Waals surface area contributed by atoms with Gasteiger partial charge in [-0.05, 0) is 18.2 Å². The Labute approximate surface area is 123 Å². The molecule has 2 N–H and O–H groups in total. The maximum absolute atomic E-state index is 13.2. The molecule has 1 aliphatic heterocycles. The minimum Gasteiger partial charge on any atom is -0.339 e. The van der Waals surface area contributed by atoms with E-state index in [1.54, 1.807) is 22.8 Å². The lowest BCUT2D eigenvalue weighted by Gasteiger charge is -2.36. The Balaban J connectivity index is 1.95. The third-order valence-electron chi connectivity index (χ3n) is 3.73. The van der Waals surface area contributed by atoms with E-state index in [2.05, 4.69) is 0 Å². The van der Waals surface area contributed by atoms with Crippen LogP contribution in [-0.4, -0.2) is 54.3 Å². The van der Waals surface area contributed by atoms with Crippen LogP contribution in [0.25, 0.3) is 0 Å². The summed E-state index contributed by atoms with van der Waals surface area (Å²) in [5.41, 5.74) is 5.84. The van der Waals surface area contributed by atoms with Crippen LogP contribution in [0.15, 0.2) is 24.3 Å². The molecule has 6 heteroatoms. The van der Waals surface area contributed by atoms with Crippen molar-refractivity contribution in [2.75, 3.05) is 32.7 Å². The van der Waals surface area contributed by atoms with Crippen LogP contribution < -0.4 is 5.73 Å². The monoisotopic (exact) mass is 293 g/mol. The molecule has 1 fully saturated rings. The molecule has 21 heavy (non-hydrogen) atoms. The molecule has 1 aromatic carbocycles. The first-order valence-electron chi connectivity index (χ1n) is 7.06. The van der Waals surface area contributed by atoms with Crippen molar-refractivity contribution in [2.45, 2.75) is 6.92 Å². The Morgan fingerprint density at radius 3 is 2.43 bits per heavy atom. The number of nitrogens with zero attached hydrogens (tertiary/aromatic N) is 2. The molecule has 2 amide bonds. The maximum Gasteiger partial charge on any atom is 0.254 e. The van der Waals surface area contributed by atoms with E-state index in [1.807, 2.05) is 0 Å². The average Bonchev–Trinajstić information content (AvgIpc) is 2.53. The molecule has 0 aliphatic carbocycles. The highest BCUT2D eigenvalue weighted by atomic mass is 19.1. The first kappa shape index (κ1) is 15.4. The third-order valence-corrected chi connectivity index (χ3v) is 3.73. The molecule has 1 unspecified atom stereocenters. The Morgan fingerprint density at radius 2 is 1.86 bits per heavy atom. The van der Waals surface area contributed by atoms with Gasteiger partial charge in [-0.2, -0.15) is 0 Å². The van der Waals surface area contributed by atoms with Crippen molar-refractivity contribution >= 4 is 11.8 Å². The standard InChI is InChI=1S/C15H20FN3O2/c1-11(10-17)14(20)18-5-7-19(8-6-18)15(21)12-3-2-4-13(16)9-12/h2-4,9,11H,5-8,10,17H2,1H3. The Morgan fingerprint density at radius 1 is 1.24 bits per heavy atom. The lowest BCUT2D eigenvalue weighted by molar-refractivity contribution is -0.136. The second-order valence-corrected chi connectivity index (χ2v) is 5.26. The summed E-state index contributed by atoms with van der Waals surface area (Å²) in [5, 5.41) is 0. The summed E-state index contributed by atoms with van der Waals surface area (Å²) in [6.45, 7) is 4.01. The normalized spacial score (nSPS) is 16.7. The molecule has 0 bridgehead atoms. The fraction of sp³-hybridized carbons (Fsp3) is 0.467. The van der Waals surface area contributed by atoms with Crippen molar-refractivity contribution in [3.05, 3.63) is 35.6 Å². The second-order valence-electron chi connectivity index (χ2n) is 5.26.